The predicted octanol–water partition coefficient (Wildman–Crippen LogP) is -3.72. The molecular formula is C20H41N5O7. The zero-order chi connectivity index (χ0) is 23.6. The molecule has 3 rings (SSSR count). The van der Waals surface area contributed by atoms with Crippen molar-refractivity contribution >= 4 is 0 Å². The van der Waals surface area contributed by atoms with Gasteiger partial charge in [0.05, 0.1) is 24.8 Å². The van der Waals surface area contributed by atoms with E-state index in [4.69, 9.17) is 36.1 Å². The van der Waals surface area contributed by atoms with Crippen LogP contribution in [0, 0.1) is 0 Å². The molecule has 0 radical (unpaired) electrons. The largest absolute Gasteiger partial charge is 0.388 e. The molecule has 1 saturated carbocycles. The van der Waals surface area contributed by atoms with Crippen LogP contribution in [0.2, 0.25) is 0 Å². The third-order valence-corrected chi connectivity index (χ3v) is 6.72. The molecule has 32 heavy (non-hydrogen) atoms. The lowest BCUT2D eigenvalue weighted by Gasteiger charge is -2.48. The van der Waals surface area contributed by atoms with E-state index in [-0.39, 0.29) is 18.8 Å². The van der Waals surface area contributed by atoms with E-state index in [1.165, 1.54) is 0 Å². The molecule has 0 amide bonds. The van der Waals surface area contributed by atoms with E-state index in [2.05, 4.69) is 10.6 Å². The van der Waals surface area contributed by atoms with Gasteiger partial charge in [-0.2, -0.15) is 0 Å². The first kappa shape index (κ1) is 26.1. The van der Waals surface area contributed by atoms with Crippen molar-refractivity contribution in [2.75, 3.05) is 27.2 Å². The summed E-state index contributed by atoms with van der Waals surface area (Å²) in [5.74, 6) is 0. The van der Waals surface area contributed by atoms with E-state index in [0.717, 1.165) is 12.8 Å². The first-order chi connectivity index (χ1) is 15.1. The second-order valence-electron chi connectivity index (χ2n) is 9.47. The van der Waals surface area contributed by atoms with Crippen LogP contribution in [0.3, 0.4) is 0 Å². The summed E-state index contributed by atoms with van der Waals surface area (Å²) in [6, 6.07) is -2.20. The number of nitrogens with one attached hydrogen (secondary N) is 2. The summed E-state index contributed by atoms with van der Waals surface area (Å²) in [6.45, 7) is 2.16. The van der Waals surface area contributed by atoms with Gasteiger partial charge in [-0.1, -0.05) is 0 Å². The third kappa shape index (κ3) is 5.59. The van der Waals surface area contributed by atoms with Gasteiger partial charge in [0, 0.05) is 18.6 Å². The summed E-state index contributed by atoms with van der Waals surface area (Å²) in [5.41, 5.74) is 17.4. The molecule has 0 aromatic carbocycles. The molecule has 0 spiro atoms. The molecule has 0 bridgehead atoms. The van der Waals surface area contributed by atoms with Gasteiger partial charge in [-0.05, 0) is 40.3 Å². The van der Waals surface area contributed by atoms with Crippen LogP contribution in [-0.2, 0) is 18.9 Å². The zero-order valence-corrected chi connectivity index (χ0v) is 19.1. The molecule has 12 nitrogen and oxygen atoms in total. The van der Waals surface area contributed by atoms with Gasteiger partial charge in [0.2, 0.25) is 0 Å². The fourth-order valence-electron chi connectivity index (χ4n) is 4.90. The van der Waals surface area contributed by atoms with Crippen LogP contribution in [-0.4, -0.2) is 115 Å². The number of likely N-dealkylation sites (N-methyl/N-ethyl adjacent to an activating group) is 2. The molecule has 12 heteroatoms. The Morgan fingerprint density at radius 3 is 2.19 bits per heavy atom. The van der Waals surface area contributed by atoms with Crippen LogP contribution >= 0.6 is 0 Å². The van der Waals surface area contributed by atoms with Gasteiger partial charge >= 0.3 is 0 Å². The van der Waals surface area contributed by atoms with E-state index in [1.807, 2.05) is 7.05 Å². The van der Waals surface area contributed by atoms with Crippen molar-refractivity contribution < 1.29 is 34.3 Å². The molecule has 0 unspecified atom stereocenters. The summed E-state index contributed by atoms with van der Waals surface area (Å²) in [6.07, 6.45) is -4.12. The first-order valence-electron chi connectivity index (χ1n) is 11.3. The summed E-state index contributed by atoms with van der Waals surface area (Å²) in [5, 5.41) is 38.1. The fraction of sp³-hybridized carbons (Fsp3) is 1.00. The number of aliphatic hydroxyl groups excluding tert-OH is 2. The maximum Gasteiger partial charge on any atom is 0.185 e. The van der Waals surface area contributed by atoms with Gasteiger partial charge in [0.1, 0.15) is 30.0 Å². The number of hydrogen-bond acceptors (Lipinski definition) is 12. The van der Waals surface area contributed by atoms with Crippen LogP contribution in [0.1, 0.15) is 26.2 Å². The second kappa shape index (κ2) is 10.8. The van der Waals surface area contributed by atoms with Crippen LogP contribution < -0.4 is 27.8 Å². The van der Waals surface area contributed by atoms with Crippen LogP contribution in [0.5, 0.6) is 0 Å². The fourth-order valence-corrected chi connectivity index (χ4v) is 4.90. The molecule has 2 heterocycles. The average molecular weight is 464 g/mol. The lowest BCUT2D eigenvalue weighted by Crippen LogP contribution is -2.68. The first-order valence-corrected chi connectivity index (χ1v) is 11.3. The number of hydrogen-bond donors (Lipinski definition) is 8. The third-order valence-electron chi connectivity index (χ3n) is 6.72. The van der Waals surface area contributed by atoms with Gasteiger partial charge in [0.15, 0.2) is 12.6 Å². The van der Waals surface area contributed by atoms with Crippen molar-refractivity contribution in [2.24, 2.45) is 17.2 Å². The van der Waals surface area contributed by atoms with Crippen LogP contribution in [0.25, 0.3) is 0 Å². The van der Waals surface area contributed by atoms with Gasteiger partial charge in [-0.15, -0.1) is 0 Å². The average Bonchev–Trinajstić information content (AvgIpc) is 2.72. The van der Waals surface area contributed by atoms with Crippen LogP contribution in [0.4, 0.5) is 0 Å². The lowest BCUT2D eigenvalue weighted by atomic mass is 9.84. The Morgan fingerprint density at radius 1 is 0.969 bits per heavy atom. The Morgan fingerprint density at radius 2 is 1.59 bits per heavy atom. The van der Waals surface area contributed by atoms with E-state index >= 15 is 0 Å². The highest BCUT2D eigenvalue weighted by Crippen LogP contribution is 2.31. The Kier molecular flexibility index (Phi) is 8.86. The summed E-state index contributed by atoms with van der Waals surface area (Å²) in [7, 11) is 3.47. The van der Waals surface area contributed by atoms with E-state index < -0.39 is 60.7 Å². The minimum absolute atomic E-state index is 0.0480. The van der Waals surface area contributed by atoms with Crippen LogP contribution in [0.15, 0.2) is 0 Å². The molecule has 11 N–H and O–H groups in total. The number of rotatable bonds is 7. The molecule has 0 aromatic rings. The van der Waals surface area contributed by atoms with Crippen molar-refractivity contribution in [1.82, 2.24) is 10.6 Å². The standard InChI is InChI=1S/C20H41N5O7/c1-20(28)8-29-19(14(27)17(20)25-3)32-16-12(23)6-11(22)15(13(16)26)31-18-10(21)5-4-9(30-18)7-24-2/h9-19,24-28H,4-8,21-23H2,1-3H3/t9-,10-,11+,12-,13-,14+,15+,16-,17+,18-,19-,20-/m0/s1. The highest BCUT2D eigenvalue weighted by atomic mass is 16.7. The Balaban J connectivity index is 1.67. The molecule has 3 aliphatic rings. The molecule has 2 aliphatic heterocycles. The van der Waals surface area contributed by atoms with Crippen molar-refractivity contribution in [3.8, 4) is 0 Å². The zero-order valence-electron chi connectivity index (χ0n) is 19.1. The summed E-state index contributed by atoms with van der Waals surface area (Å²) in [4.78, 5) is 0. The summed E-state index contributed by atoms with van der Waals surface area (Å²) >= 11 is 0. The van der Waals surface area contributed by atoms with E-state index in [1.54, 1.807) is 14.0 Å². The minimum atomic E-state index is -1.28. The Bertz CT molecular complexity index is 603. The maximum absolute atomic E-state index is 11.1. The molecule has 0 aromatic heterocycles. The highest BCUT2D eigenvalue weighted by molar-refractivity contribution is 5.01. The van der Waals surface area contributed by atoms with Gasteiger partial charge in [-0.3, -0.25) is 0 Å². The molecule has 2 saturated heterocycles. The number of ether oxygens (including phenoxy) is 4. The second-order valence-corrected chi connectivity index (χ2v) is 9.47. The monoisotopic (exact) mass is 463 g/mol. The molecular weight excluding hydrogens is 422 g/mol. The Hall–Kier alpha value is -0.480. The van der Waals surface area contributed by atoms with Crippen molar-refractivity contribution in [3.63, 3.8) is 0 Å². The number of nitrogens with two attached hydrogens (primary N) is 3. The highest BCUT2D eigenvalue weighted by Gasteiger charge is 2.50. The summed E-state index contributed by atoms with van der Waals surface area (Å²) < 4.78 is 23.5. The SMILES string of the molecule is CNC[C@@H]1CC[C@H](N)[C@H](O[C@H]2[C@H](O)[C@@H](O[C@@H]3OC[C@](C)(O)[C@H](NC)[C@H]3O)[C@@H](N)C[C@H]2N)O1. The van der Waals surface area contributed by atoms with E-state index in [0.29, 0.717) is 13.0 Å². The number of aliphatic hydroxyl groups is 3. The molecule has 188 valence electrons. The molecule has 3 fully saturated rings. The molecule has 1 aliphatic carbocycles. The maximum atomic E-state index is 11.1. The lowest BCUT2D eigenvalue weighted by molar-refractivity contribution is -0.306. The van der Waals surface area contributed by atoms with Crippen molar-refractivity contribution in [2.45, 2.75) is 99.1 Å². The predicted molar refractivity (Wildman–Crippen MR) is 115 cm³/mol. The van der Waals surface area contributed by atoms with Gasteiger partial charge in [-0.25, -0.2) is 0 Å². The normalized spacial score (nSPS) is 50.3. The quantitative estimate of drug-likeness (QED) is 0.184. The topological polar surface area (TPSA) is 200 Å². The van der Waals surface area contributed by atoms with E-state index in [9.17, 15) is 15.3 Å². The smallest absolute Gasteiger partial charge is 0.185 e. The van der Waals surface area contributed by atoms with Gasteiger partial charge < -0.3 is 62.1 Å². The Labute approximate surface area is 189 Å². The van der Waals surface area contributed by atoms with Crippen molar-refractivity contribution in [3.05, 3.63) is 0 Å². The minimum Gasteiger partial charge on any atom is -0.388 e. The van der Waals surface area contributed by atoms with Crippen molar-refractivity contribution in [1.29, 1.82) is 0 Å². The van der Waals surface area contributed by atoms with Gasteiger partial charge in [0.25, 0.3) is 0 Å². The molecule has 12 atom stereocenters.